The molecule has 1 aliphatic heterocycles. The summed E-state index contributed by atoms with van der Waals surface area (Å²) in [6.45, 7) is 1.06. The third kappa shape index (κ3) is 4.57. The number of benzene rings is 1. The van der Waals surface area contributed by atoms with Gasteiger partial charge in [0.05, 0.1) is 6.26 Å². The van der Waals surface area contributed by atoms with Crippen LogP contribution in [0.25, 0.3) is 0 Å². The molecule has 156 valence electrons. The summed E-state index contributed by atoms with van der Waals surface area (Å²) in [5, 5.41) is 9.55. The van der Waals surface area contributed by atoms with E-state index >= 15 is 0 Å². The van der Waals surface area contributed by atoms with Gasteiger partial charge in [-0.3, -0.25) is 9.36 Å². The molecule has 2 aromatic rings. The van der Waals surface area contributed by atoms with Crippen LogP contribution < -0.4 is 15.2 Å². The van der Waals surface area contributed by atoms with Gasteiger partial charge in [-0.05, 0) is 5.56 Å². The zero-order valence-corrected chi connectivity index (χ0v) is 16.9. The lowest BCUT2D eigenvalue weighted by atomic mass is 10.2. The molecular weight excluding hydrogens is 400 g/mol. The Hall–Kier alpha value is -2.92. The number of hydrogen-bond donors (Lipinski definition) is 1. The van der Waals surface area contributed by atoms with Crippen molar-refractivity contribution in [3.8, 4) is 5.75 Å². The van der Waals surface area contributed by atoms with Crippen molar-refractivity contribution in [2.45, 2.75) is 6.61 Å². The molecule has 10 nitrogen and oxygen atoms in total. The summed E-state index contributed by atoms with van der Waals surface area (Å²) in [6, 6.07) is 9.06. The lowest BCUT2D eigenvalue weighted by Gasteiger charge is -2.34. The molecule has 1 N–H and O–H groups in total. The van der Waals surface area contributed by atoms with E-state index in [-0.39, 0.29) is 44.5 Å². The van der Waals surface area contributed by atoms with E-state index in [2.05, 4.69) is 4.98 Å². The third-order valence-electron chi connectivity index (χ3n) is 4.64. The molecule has 0 saturated carbocycles. The molecule has 0 bridgehead atoms. The van der Waals surface area contributed by atoms with E-state index in [1.54, 1.807) is 17.0 Å². The summed E-state index contributed by atoms with van der Waals surface area (Å²) in [5.41, 5.74) is -0.301. The van der Waals surface area contributed by atoms with E-state index in [0.29, 0.717) is 0 Å². The van der Waals surface area contributed by atoms with Gasteiger partial charge in [0.15, 0.2) is 5.69 Å². The molecule has 0 amide bonds. The lowest BCUT2D eigenvalue weighted by molar-refractivity contribution is 0.0683. The number of sulfonamides is 1. The number of carboxylic acid groups (broad SMARTS) is 1. The van der Waals surface area contributed by atoms with Gasteiger partial charge in [-0.2, -0.15) is 4.31 Å². The predicted octanol–water partition coefficient (Wildman–Crippen LogP) is 0.139. The van der Waals surface area contributed by atoms with Gasteiger partial charge in [0.25, 0.3) is 5.56 Å². The maximum absolute atomic E-state index is 12.8. The molecule has 2 heterocycles. The molecule has 1 aromatic carbocycles. The van der Waals surface area contributed by atoms with Gasteiger partial charge >= 0.3 is 5.97 Å². The van der Waals surface area contributed by atoms with Crippen molar-refractivity contribution in [1.29, 1.82) is 0 Å². The molecule has 3 rings (SSSR count). The highest BCUT2D eigenvalue weighted by Crippen LogP contribution is 2.20. The van der Waals surface area contributed by atoms with E-state index in [4.69, 9.17) is 4.74 Å². The SMILES string of the molecule is Cn1c(N2CCN(S(C)(=O)=O)CC2)nc(C(=O)O)c(OCc2ccccc2)c1=O. The van der Waals surface area contributed by atoms with Gasteiger partial charge in [-0.15, -0.1) is 0 Å². The van der Waals surface area contributed by atoms with Crippen LogP contribution in [0.3, 0.4) is 0 Å². The van der Waals surface area contributed by atoms with Crippen LogP contribution in [0.5, 0.6) is 5.75 Å². The average Bonchev–Trinajstić information content (AvgIpc) is 2.69. The number of piperazine rings is 1. The minimum Gasteiger partial charge on any atom is -0.481 e. The van der Waals surface area contributed by atoms with E-state index in [1.807, 2.05) is 18.2 Å². The Bertz CT molecular complexity index is 1060. The predicted molar refractivity (Wildman–Crippen MR) is 106 cm³/mol. The summed E-state index contributed by atoms with van der Waals surface area (Å²) < 4.78 is 31.4. The van der Waals surface area contributed by atoms with Gasteiger partial charge in [0.2, 0.25) is 21.7 Å². The smallest absolute Gasteiger partial charge is 0.358 e. The van der Waals surface area contributed by atoms with Crippen LogP contribution in [-0.4, -0.2) is 65.8 Å². The second-order valence-corrected chi connectivity index (χ2v) is 8.66. The highest BCUT2D eigenvalue weighted by molar-refractivity contribution is 7.88. The molecule has 11 heteroatoms. The zero-order valence-electron chi connectivity index (χ0n) is 16.1. The molecule has 29 heavy (non-hydrogen) atoms. The number of rotatable bonds is 6. The normalized spacial score (nSPS) is 15.3. The van der Waals surface area contributed by atoms with Gasteiger partial charge in [-0.1, -0.05) is 30.3 Å². The second-order valence-electron chi connectivity index (χ2n) is 6.68. The van der Waals surface area contributed by atoms with E-state index in [9.17, 15) is 23.1 Å². The summed E-state index contributed by atoms with van der Waals surface area (Å²) in [5.74, 6) is -1.54. The fraction of sp³-hybridized carbons (Fsp3) is 0.389. The molecule has 0 radical (unpaired) electrons. The molecule has 1 aliphatic rings. The van der Waals surface area contributed by atoms with E-state index < -0.39 is 27.2 Å². The van der Waals surface area contributed by atoms with E-state index in [0.717, 1.165) is 11.8 Å². The van der Waals surface area contributed by atoms with Crippen molar-refractivity contribution in [3.05, 3.63) is 51.9 Å². The van der Waals surface area contributed by atoms with Gasteiger partial charge in [0.1, 0.15) is 6.61 Å². The lowest BCUT2D eigenvalue weighted by Crippen LogP contribution is -2.50. The van der Waals surface area contributed by atoms with Crippen molar-refractivity contribution in [3.63, 3.8) is 0 Å². The first-order chi connectivity index (χ1) is 13.7. The highest BCUT2D eigenvalue weighted by atomic mass is 32.2. The number of anilines is 1. The summed E-state index contributed by atoms with van der Waals surface area (Å²) >= 11 is 0. The number of nitrogens with zero attached hydrogens (tertiary/aromatic N) is 4. The quantitative estimate of drug-likeness (QED) is 0.698. The number of aromatic nitrogens is 2. The van der Waals surface area contributed by atoms with Crippen molar-refractivity contribution >= 4 is 21.9 Å². The number of carboxylic acids is 1. The van der Waals surface area contributed by atoms with Crippen LogP contribution in [0.15, 0.2) is 35.1 Å². The number of aromatic carboxylic acids is 1. The first-order valence-electron chi connectivity index (χ1n) is 8.89. The summed E-state index contributed by atoms with van der Waals surface area (Å²) in [6.07, 6.45) is 1.14. The minimum absolute atomic E-state index is 0.0322. The fourth-order valence-corrected chi connectivity index (χ4v) is 3.90. The largest absolute Gasteiger partial charge is 0.481 e. The number of carbonyl (C=O) groups is 1. The van der Waals surface area contributed by atoms with Crippen LogP contribution in [0.2, 0.25) is 0 Å². The summed E-state index contributed by atoms with van der Waals surface area (Å²) in [7, 11) is -1.83. The standard InChI is InChI=1S/C18H22N4O6S/c1-20-16(23)15(28-12-13-6-4-3-5-7-13)14(17(24)25)19-18(20)21-8-10-22(11-9-21)29(2,26)27/h3-7H,8-12H2,1-2H3,(H,24,25). The second kappa shape index (κ2) is 8.21. The van der Waals surface area contributed by atoms with Crippen LogP contribution >= 0.6 is 0 Å². The number of hydrogen-bond acceptors (Lipinski definition) is 7. The highest BCUT2D eigenvalue weighted by Gasteiger charge is 2.28. The Morgan fingerprint density at radius 3 is 2.34 bits per heavy atom. The number of ether oxygens (including phenoxy) is 1. The summed E-state index contributed by atoms with van der Waals surface area (Å²) in [4.78, 5) is 30.4. The molecule has 1 fully saturated rings. The molecule has 0 aliphatic carbocycles. The molecule has 1 saturated heterocycles. The van der Waals surface area contributed by atoms with Crippen LogP contribution in [0.4, 0.5) is 5.95 Å². The van der Waals surface area contributed by atoms with Crippen molar-refractivity contribution in [2.24, 2.45) is 7.05 Å². The molecule has 0 unspecified atom stereocenters. The maximum Gasteiger partial charge on any atom is 0.358 e. The van der Waals surface area contributed by atoms with Crippen LogP contribution in [0, 0.1) is 0 Å². The van der Waals surface area contributed by atoms with Crippen molar-refractivity contribution < 1.29 is 23.1 Å². The molecule has 0 spiro atoms. The van der Waals surface area contributed by atoms with Crippen LogP contribution in [0.1, 0.15) is 16.1 Å². The Labute approximate surface area is 168 Å². The monoisotopic (exact) mass is 422 g/mol. The van der Waals surface area contributed by atoms with Crippen molar-refractivity contribution in [1.82, 2.24) is 13.9 Å². The molecule has 1 aromatic heterocycles. The topological polar surface area (TPSA) is 122 Å². The van der Waals surface area contributed by atoms with Gasteiger partial charge in [0, 0.05) is 33.2 Å². The Morgan fingerprint density at radius 1 is 1.17 bits per heavy atom. The molecular formula is C18H22N4O6S. The van der Waals surface area contributed by atoms with Crippen LogP contribution in [-0.2, 0) is 23.7 Å². The first kappa shape index (κ1) is 20.8. The fourth-order valence-electron chi connectivity index (χ4n) is 3.08. The maximum atomic E-state index is 12.8. The zero-order chi connectivity index (χ0) is 21.2. The molecule has 0 atom stereocenters. The minimum atomic E-state index is -3.31. The third-order valence-corrected chi connectivity index (χ3v) is 5.95. The van der Waals surface area contributed by atoms with Crippen molar-refractivity contribution in [2.75, 3.05) is 37.3 Å². The van der Waals surface area contributed by atoms with E-state index in [1.165, 1.54) is 15.9 Å². The van der Waals surface area contributed by atoms with Gasteiger partial charge < -0.3 is 14.7 Å². The Morgan fingerprint density at radius 2 is 1.79 bits per heavy atom. The average molecular weight is 422 g/mol. The Kier molecular flexibility index (Phi) is 5.89. The van der Waals surface area contributed by atoms with Gasteiger partial charge in [-0.25, -0.2) is 18.2 Å². The first-order valence-corrected chi connectivity index (χ1v) is 10.7. The Balaban J connectivity index is 1.89.